The van der Waals surface area contributed by atoms with Crippen molar-refractivity contribution in [2.45, 2.75) is 0 Å². The molecule has 24 heavy (non-hydrogen) atoms. The zero-order valence-electron chi connectivity index (χ0n) is 12.8. The first-order chi connectivity index (χ1) is 10.7. The molecule has 140 valence electrons. The maximum atomic E-state index is 6.15. The number of nitrogens with two attached hydrogens (primary N) is 7. The van der Waals surface area contributed by atoms with E-state index < -0.39 is 43.8 Å². The highest BCUT2D eigenvalue weighted by Crippen LogP contribution is 2.06. The highest BCUT2D eigenvalue weighted by molar-refractivity contribution is 7.76. The van der Waals surface area contributed by atoms with E-state index in [4.69, 9.17) is 56.2 Å². The van der Waals surface area contributed by atoms with E-state index in [1.807, 2.05) is 0 Å². The topological polar surface area (TPSA) is 270 Å². The van der Waals surface area contributed by atoms with Crippen LogP contribution in [0.2, 0.25) is 0 Å². The number of hydrogen-bond donors (Lipinski definition) is 13. The van der Waals surface area contributed by atoms with E-state index in [2.05, 4.69) is 36.1 Å². The average Bonchev–Trinajstić information content (AvgIpc) is 2.32. The Morgan fingerprint density at radius 2 is 1.67 bits per heavy atom. The van der Waals surface area contributed by atoms with Crippen molar-refractivity contribution in [3.8, 4) is 6.00 Å². The summed E-state index contributed by atoms with van der Waals surface area (Å²) >= 11 is 3.77. The van der Waals surface area contributed by atoms with Gasteiger partial charge >= 0.3 is 43.8 Å². The SMILES string of the molecule is C#[Si]O[Si]1(N[Si](N)(N)N[Si](N[Si](N)(N)N)(OC)OS)N[Si](N)(N)N1. The van der Waals surface area contributed by atoms with Crippen LogP contribution in [-0.2, 0) is 12.4 Å². The molecule has 15 nitrogen and oxygen atoms in total. The fourth-order valence-electron chi connectivity index (χ4n) is 1.91. The first kappa shape index (κ1) is 22.7. The second-order valence-corrected chi connectivity index (χ2v) is 20.2. The molecule has 1 fully saturated rings. The predicted molar refractivity (Wildman–Crippen MR) is 103 cm³/mol. The van der Waals surface area contributed by atoms with Gasteiger partial charge in [0.1, 0.15) is 0 Å². The summed E-state index contributed by atoms with van der Waals surface area (Å²) < 4.78 is 30.1. The molecule has 1 aliphatic rings. The van der Waals surface area contributed by atoms with Crippen molar-refractivity contribution in [2.75, 3.05) is 7.11 Å². The van der Waals surface area contributed by atoms with Crippen molar-refractivity contribution in [3.05, 3.63) is 0 Å². The van der Waals surface area contributed by atoms with Crippen LogP contribution in [0, 0.1) is 6.00 Å². The fraction of sp³-hybridized carbons (Fsp3) is 0.500. The first-order valence-corrected chi connectivity index (χ1v) is 17.8. The van der Waals surface area contributed by atoms with E-state index in [1.54, 1.807) is 0 Å². The Hall–Kier alpha value is 0.671. The van der Waals surface area contributed by atoms with E-state index in [0.29, 0.717) is 0 Å². The minimum absolute atomic E-state index is 0.357. The molecule has 1 unspecified atom stereocenters. The number of rotatable bonds is 9. The summed E-state index contributed by atoms with van der Waals surface area (Å²) in [5, 5.41) is 40.8. The summed E-state index contributed by atoms with van der Waals surface area (Å²) in [4.78, 5) is 0. The van der Waals surface area contributed by atoms with E-state index >= 15 is 0 Å². The summed E-state index contributed by atoms with van der Waals surface area (Å²) in [5.41, 5.74) is 0. The van der Waals surface area contributed by atoms with Gasteiger partial charge in [-0.15, -0.1) is 6.00 Å². The summed E-state index contributed by atoms with van der Waals surface area (Å²) in [6, 6.07) is 5.45. The standard InChI is InChI=1S/C2H24N12O3SSi6/c1-15-24(16-18,10-20(3,4)5)14-22(8,9)13-23(17-19-2)11-21(6,7)12-23/h2,10-14,18H,3-9H2,1H3. The summed E-state index contributed by atoms with van der Waals surface area (Å²) in [6.45, 7) is 0. The Bertz CT molecular complexity index is 482. The van der Waals surface area contributed by atoms with Crippen molar-refractivity contribution in [1.82, 2.24) is 23.2 Å². The lowest BCUT2D eigenvalue weighted by Gasteiger charge is -2.50. The van der Waals surface area contributed by atoms with Crippen LogP contribution in [0.1, 0.15) is 0 Å². The largest absolute Gasteiger partial charge is 0.523 e. The van der Waals surface area contributed by atoms with Gasteiger partial charge in [-0.1, -0.05) is 0 Å². The monoisotopic (exact) mass is 464 g/mol. The van der Waals surface area contributed by atoms with Crippen LogP contribution in [-0.4, -0.2) is 60.2 Å². The number of nitrogens with one attached hydrogen (secondary N) is 5. The lowest BCUT2D eigenvalue weighted by atomic mass is 11.8. The average molecular weight is 465 g/mol. The van der Waals surface area contributed by atoms with Gasteiger partial charge in [-0.25, -0.2) is 0 Å². The van der Waals surface area contributed by atoms with Gasteiger partial charge < -0.3 is 50.2 Å². The Morgan fingerprint density at radius 1 is 1.12 bits per heavy atom. The molecule has 1 saturated heterocycles. The minimum atomic E-state index is -3.53. The Kier molecular flexibility index (Phi) is 7.32. The summed E-state index contributed by atoms with van der Waals surface area (Å²) in [5.74, 6) is 0. The Labute approximate surface area is 152 Å². The molecule has 1 rings (SSSR count). The van der Waals surface area contributed by atoms with Crippen LogP contribution in [0.3, 0.4) is 0 Å². The fourth-order valence-corrected chi connectivity index (χ4v) is 21.6. The minimum Gasteiger partial charge on any atom is -0.523 e. The zero-order valence-corrected chi connectivity index (χ0v) is 19.7. The highest BCUT2D eigenvalue weighted by atomic mass is 32.1. The highest BCUT2D eigenvalue weighted by Gasteiger charge is 2.63. The molecule has 19 N–H and O–H groups in total. The van der Waals surface area contributed by atoms with Crippen molar-refractivity contribution >= 4 is 66.0 Å². The second-order valence-electron chi connectivity index (χ2n) is 5.11. The van der Waals surface area contributed by atoms with Gasteiger partial charge in [-0.2, -0.15) is 0 Å². The van der Waals surface area contributed by atoms with Gasteiger partial charge in [0.2, 0.25) is 9.20 Å². The van der Waals surface area contributed by atoms with E-state index in [0.717, 1.165) is 0 Å². The molecule has 0 aromatic heterocycles. The van der Waals surface area contributed by atoms with Crippen LogP contribution in [0.5, 0.6) is 0 Å². The molecular weight excluding hydrogens is 441 g/mol. The Morgan fingerprint density at radius 3 is 2.00 bits per heavy atom. The molecule has 0 bridgehead atoms. The van der Waals surface area contributed by atoms with Crippen LogP contribution in [0.25, 0.3) is 0 Å². The van der Waals surface area contributed by atoms with Crippen molar-refractivity contribution in [2.24, 2.45) is 37.8 Å². The maximum Gasteiger partial charge on any atom is 0.520 e. The molecule has 0 radical (unpaired) electrons. The molecule has 0 spiro atoms. The quantitative estimate of drug-likeness (QED) is 0.0856. The van der Waals surface area contributed by atoms with Crippen molar-refractivity contribution in [3.63, 3.8) is 0 Å². The number of hydrogen-bond acceptors (Lipinski definition) is 16. The third kappa shape index (κ3) is 6.44. The maximum absolute atomic E-state index is 6.15. The summed E-state index contributed by atoms with van der Waals surface area (Å²) in [6.07, 6.45) is 0. The zero-order chi connectivity index (χ0) is 18.9. The van der Waals surface area contributed by atoms with Crippen LogP contribution in [0.4, 0.5) is 0 Å². The van der Waals surface area contributed by atoms with Crippen LogP contribution >= 0.6 is 12.9 Å². The van der Waals surface area contributed by atoms with E-state index in [1.165, 1.54) is 7.11 Å². The van der Waals surface area contributed by atoms with Gasteiger partial charge in [-0.3, -0.25) is 23.2 Å². The van der Waals surface area contributed by atoms with Gasteiger partial charge in [0, 0.05) is 7.11 Å². The third-order valence-corrected chi connectivity index (χ3v) is 21.0. The first-order valence-electron chi connectivity index (χ1n) is 6.22. The molecule has 0 aromatic rings. The predicted octanol–water partition coefficient (Wildman–Crippen LogP) is -8.43. The molecule has 0 saturated carbocycles. The third-order valence-electron chi connectivity index (χ3n) is 2.53. The molecule has 0 aliphatic carbocycles. The molecule has 1 aliphatic heterocycles. The van der Waals surface area contributed by atoms with Crippen molar-refractivity contribution < 1.29 is 12.4 Å². The lowest BCUT2D eigenvalue weighted by Crippen LogP contribution is -3.08. The Balaban J connectivity index is 2.91. The van der Waals surface area contributed by atoms with Gasteiger partial charge in [-0.05, 0) is 12.9 Å². The van der Waals surface area contributed by atoms with Crippen LogP contribution in [0.15, 0.2) is 0 Å². The molecule has 1 atom stereocenters. The molecule has 0 amide bonds. The van der Waals surface area contributed by atoms with Gasteiger partial charge in [0.05, 0.1) is 0 Å². The van der Waals surface area contributed by atoms with Crippen LogP contribution < -0.4 is 61.0 Å². The van der Waals surface area contributed by atoms with Gasteiger partial charge in [0.15, 0.2) is 0 Å². The van der Waals surface area contributed by atoms with Gasteiger partial charge in [0.25, 0.3) is 0 Å². The van der Waals surface area contributed by atoms with Crippen molar-refractivity contribution in [1.29, 1.82) is 0 Å². The van der Waals surface area contributed by atoms with E-state index in [9.17, 15) is 0 Å². The number of thiol groups is 1. The lowest BCUT2D eigenvalue weighted by molar-refractivity contribution is 0.303. The smallest absolute Gasteiger partial charge is 0.520 e. The van der Waals surface area contributed by atoms with E-state index in [-0.39, 0.29) is 9.20 Å². The molecule has 0 aromatic carbocycles. The molecule has 1 heterocycles. The summed E-state index contributed by atoms with van der Waals surface area (Å²) in [7, 11) is -15.1. The molecule has 22 heteroatoms. The second kappa shape index (κ2) is 7.73. The molecular formula is C2H24N12O3SSi6. The normalized spacial score (nSPS) is 22.2.